The lowest BCUT2D eigenvalue weighted by Gasteiger charge is -2.29. The van der Waals surface area contributed by atoms with E-state index in [1.54, 1.807) is 6.92 Å². The molecule has 0 aromatic heterocycles. The number of ketones is 1. The van der Waals surface area contributed by atoms with Gasteiger partial charge in [0, 0.05) is 5.92 Å². The van der Waals surface area contributed by atoms with Crippen LogP contribution in [0.5, 0.6) is 5.75 Å². The van der Waals surface area contributed by atoms with Crippen LogP contribution >= 0.6 is 0 Å². The van der Waals surface area contributed by atoms with Crippen LogP contribution in [0, 0.1) is 5.92 Å². The van der Waals surface area contributed by atoms with E-state index in [1.807, 2.05) is 30.3 Å². The van der Waals surface area contributed by atoms with E-state index in [-0.39, 0.29) is 11.9 Å². The molecule has 0 radical (unpaired) electrons. The normalized spacial score (nSPS) is 18.6. The molecule has 1 aliphatic heterocycles. The first-order valence-electron chi connectivity index (χ1n) is 6.20. The second-order valence-electron chi connectivity index (χ2n) is 4.55. The number of rotatable bonds is 4. The number of piperidine rings is 1. The zero-order chi connectivity index (χ0) is 12.1. The van der Waals surface area contributed by atoms with Crippen molar-refractivity contribution < 1.29 is 9.53 Å². The second-order valence-corrected chi connectivity index (χ2v) is 4.55. The summed E-state index contributed by atoms with van der Waals surface area (Å²) in [6.07, 6.45) is 1.73. The SMILES string of the molecule is CC(=O)C(Oc1ccccc1)C1CCNCC1. The van der Waals surface area contributed by atoms with Gasteiger partial charge in [-0.3, -0.25) is 4.79 Å². The van der Waals surface area contributed by atoms with Gasteiger partial charge in [-0.2, -0.15) is 0 Å². The number of hydrogen-bond acceptors (Lipinski definition) is 3. The molecule has 1 fully saturated rings. The average Bonchev–Trinajstić information content (AvgIpc) is 2.38. The van der Waals surface area contributed by atoms with E-state index in [9.17, 15) is 4.79 Å². The Kier molecular flexibility index (Phi) is 4.15. The molecule has 3 nitrogen and oxygen atoms in total. The highest BCUT2D eigenvalue weighted by atomic mass is 16.5. The van der Waals surface area contributed by atoms with Crippen molar-refractivity contribution >= 4 is 5.78 Å². The zero-order valence-corrected chi connectivity index (χ0v) is 10.2. The zero-order valence-electron chi connectivity index (χ0n) is 10.2. The van der Waals surface area contributed by atoms with Gasteiger partial charge in [-0.25, -0.2) is 0 Å². The van der Waals surface area contributed by atoms with Crippen LogP contribution < -0.4 is 10.1 Å². The molecule has 1 atom stereocenters. The lowest BCUT2D eigenvalue weighted by atomic mass is 9.90. The van der Waals surface area contributed by atoms with Crippen LogP contribution in [-0.4, -0.2) is 25.0 Å². The molecular weight excluding hydrogens is 214 g/mol. The highest BCUT2D eigenvalue weighted by molar-refractivity contribution is 5.81. The number of carbonyl (C=O) groups excluding carboxylic acids is 1. The van der Waals surface area contributed by atoms with Crippen LogP contribution in [0.1, 0.15) is 19.8 Å². The lowest BCUT2D eigenvalue weighted by molar-refractivity contribution is -0.126. The van der Waals surface area contributed by atoms with Gasteiger partial charge in [-0.05, 0) is 45.0 Å². The second kappa shape index (κ2) is 5.82. The van der Waals surface area contributed by atoms with Crippen molar-refractivity contribution in [3.05, 3.63) is 30.3 Å². The largest absolute Gasteiger partial charge is 0.482 e. The van der Waals surface area contributed by atoms with Crippen LogP contribution in [0.3, 0.4) is 0 Å². The lowest BCUT2D eigenvalue weighted by Crippen LogP contribution is -2.40. The monoisotopic (exact) mass is 233 g/mol. The number of nitrogens with one attached hydrogen (secondary N) is 1. The third kappa shape index (κ3) is 3.30. The van der Waals surface area contributed by atoms with Crippen molar-refractivity contribution in [1.82, 2.24) is 5.32 Å². The maximum absolute atomic E-state index is 11.7. The molecule has 1 saturated heterocycles. The molecular formula is C14H19NO2. The first kappa shape index (κ1) is 12.1. The Balaban J connectivity index is 2.04. The van der Waals surface area contributed by atoms with Crippen LogP contribution in [0.2, 0.25) is 0 Å². The molecule has 0 spiro atoms. The summed E-state index contributed by atoms with van der Waals surface area (Å²) < 4.78 is 5.84. The Morgan fingerprint density at radius 3 is 2.53 bits per heavy atom. The summed E-state index contributed by atoms with van der Waals surface area (Å²) in [6, 6.07) is 9.60. The van der Waals surface area contributed by atoms with E-state index in [2.05, 4.69) is 5.32 Å². The fraction of sp³-hybridized carbons (Fsp3) is 0.500. The van der Waals surface area contributed by atoms with Gasteiger partial charge in [-0.15, -0.1) is 0 Å². The Bertz CT molecular complexity index is 358. The van der Waals surface area contributed by atoms with E-state index >= 15 is 0 Å². The summed E-state index contributed by atoms with van der Waals surface area (Å²) in [6.45, 7) is 3.58. The van der Waals surface area contributed by atoms with Crippen molar-refractivity contribution in [2.24, 2.45) is 5.92 Å². The molecule has 1 aromatic carbocycles. The maximum Gasteiger partial charge on any atom is 0.170 e. The van der Waals surface area contributed by atoms with Crippen molar-refractivity contribution in [3.8, 4) is 5.75 Å². The van der Waals surface area contributed by atoms with Crippen molar-refractivity contribution in [1.29, 1.82) is 0 Å². The summed E-state index contributed by atoms with van der Waals surface area (Å²) in [4.78, 5) is 11.7. The summed E-state index contributed by atoms with van der Waals surface area (Å²) >= 11 is 0. The molecule has 2 rings (SSSR count). The summed E-state index contributed by atoms with van der Waals surface area (Å²) in [5.41, 5.74) is 0. The summed E-state index contributed by atoms with van der Waals surface area (Å²) in [5, 5.41) is 3.31. The average molecular weight is 233 g/mol. The van der Waals surface area contributed by atoms with Gasteiger partial charge in [-0.1, -0.05) is 18.2 Å². The van der Waals surface area contributed by atoms with Crippen molar-refractivity contribution in [3.63, 3.8) is 0 Å². The number of Topliss-reactive ketones (excluding diaryl/α,β-unsaturated/α-hetero) is 1. The number of para-hydroxylation sites is 1. The van der Waals surface area contributed by atoms with Gasteiger partial charge in [0.1, 0.15) is 5.75 Å². The molecule has 92 valence electrons. The molecule has 1 unspecified atom stereocenters. The van der Waals surface area contributed by atoms with Gasteiger partial charge < -0.3 is 10.1 Å². The van der Waals surface area contributed by atoms with Crippen LogP contribution in [0.4, 0.5) is 0 Å². The predicted octanol–water partition coefficient (Wildman–Crippen LogP) is 2.02. The minimum Gasteiger partial charge on any atom is -0.482 e. The van der Waals surface area contributed by atoms with Crippen LogP contribution in [0.15, 0.2) is 30.3 Å². The van der Waals surface area contributed by atoms with Gasteiger partial charge in [0.05, 0.1) is 0 Å². The number of carbonyl (C=O) groups is 1. The molecule has 0 aliphatic carbocycles. The standard InChI is InChI=1S/C14H19NO2/c1-11(16)14(12-7-9-15-10-8-12)17-13-5-3-2-4-6-13/h2-6,12,14-15H,7-10H2,1H3. The van der Waals surface area contributed by atoms with E-state index in [0.717, 1.165) is 31.7 Å². The van der Waals surface area contributed by atoms with Crippen LogP contribution in [-0.2, 0) is 4.79 Å². The third-order valence-electron chi connectivity index (χ3n) is 3.22. The molecule has 1 aliphatic rings. The number of hydrogen-bond donors (Lipinski definition) is 1. The van der Waals surface area contributed by atoms with E-state index in [0.29, 0.717) is 5.92 Å². The topological polar surface area (TPSA) is 38.3 Å². The molecule has 0 amide bonds. The van der Waals surface area contributed by atoms with Crippen molar-refractivity contribution in [2.75, 3.05) is 13.1 Å². The molecule has 3 heteroatoms. The quantitative estimate of drug-likeness (QED) is 0.864. The molecule has 1 N–H and O–H groups in total. The van der Waals surface area contributed by atoms with E-state index < -0.39 is 0 Å². The Labute approximate surface area is 102 Å². The molecule has 1 aromatic rings. The van der Waals surface area contributed by atoms with Gasteiger partial charge >= 0.3 is 0 Å². The van der Waals surface area contributed by atoms with Gasteiger partial charge in [0.2, 0.25) is 0 Å². The van der Waals surface area contributed by atoms with Gasteiger partial charge in [0.15, 0.2) is 11.9 Å². The first-order valence-corrected chi connectivity index (χ1v) is 6.20. The fourth-order valence-corrected chi connectivity index (χ4v) is 2.30. The minimum atomic E-state index is -0.292. The third-order valence-corrected chi connectivity index (χ3v) is 3.22. The predicted molar refractivity (Wildman–Crippen MR) is 67.1 cm³/mol. The molecule has 17 heavy (non-hydrogen) atoms. The van der Waals surface area contributed by atoms with Crippen molar-refractivity contribution in [2.45, 2.75) is 25.9 Å². The molecule has 0 bridgehead atoms. The minimum absolute atomic E-state index is 0.126. The van der Waals surface area contributed by atoms with Crippen LogP contribution in [0.25, 0.3) is 0 Å². The summed E-state index contributed by atoms with van der Waals surface area (Å²) in [7, 11) is 0. The highest BCUT2D eigenvalue weighted by Gasteiger charge is 2.28. The van der Waals surface area contributed by atoms with Gasteiger partial charge in [0.25, 0.3) is 0 Å². The number of benzene rings is 1. The Morgan fingerprint density at radius 2 is 1.94 bits per heavy atom. The molecule has 0 saturated carbocycles. The fourth-order valence-electron chi connectivity index (χ4n) is 2.30. The highest BCUT2D eigenvalue weighted by Crippen LogP contribution is 2.22. The smallest absolute Gasteiger partial charge is 0.170 e. The Hall–Kier alpha value is -1.35. The first-order chi connectivity index (χ1) is 8.27. The molecule has 1 heterocycles. The summed E-state index contributed by atoms with van der Waals surface area (Å²) in [5.74, 6) is 1.25. The maximum atomic E-state index is 11.7. The van der Waals surface area contributed by atoms with E-state index in [1.165, 1.54) is 0 Å². The Morgan fingerprint density at radius 1 is 1.29 bits per heavy atom. The number of ether oxygens (including phenoxy) is 1. The van der Waals surface area contributed by atoms with E-state index in [4.69, 9.17) is 4.74 Å².